The minimum atomic E-state index is -6.00. The summed E-state index contributed by atoms with van der Waals surface area (Å²) in [6.45, 7) is 0.920. The summed E-state index contributed by atoms with van der Waals surface area (Å²) in [5.41, 5.74) is 0. The minimum absolute atomic E-state index is 0.890. The summed E-state index contributed by atoms with van der Waals surface area (Å²) in [5.74, 6) is 1.01. The molecule has 0 saturated heterocycles. The molecule has 0 bridgehead atoms. The molecular formula is C8H20B2F8N2O. The SMILES string of the molecule is COC(C[N+](C)(C)C)=[N+](C)C.F[B-](F)(F)F.F[B-](F)(F)F. The van der Waals surface area contributed by atoms with Crippen molar-refractivity contribution in [1.82, 2.24) is 0 Å². The number of ether oxygens (including phenoxy) is 1. The van der Waals surface area contributed by atoms with Crippen molar-refractivity contribution >= 4 is 20.4 Å². The van der Waals surface area contributed by atoms with E-state index in [0.29, 0.717) is 0 Å². The van der Waals surface area contributed by atoms with Crippen LogP contribution in [0.15, 0.2) is 0 Å². The number of likely N-dealkylation sites (N-methyl/N-ethyl adjacent to an activating group) is 1. The van der Waals surface area contributed by atoms with E-state index in [2.05, 4.69) is 21.1 Å². The van der Waals surface area contributed by atoms with Crippen LogP contribution in [0.3, 0.4) is 0 Å². The predicted octanol–water partition coefficient (Wildman–Crippen LogP) is 2.61. The zero-order valence-corrected chi connectivity index (χ0v) is 12.7. The maximum atomic E-state index is 9.75. The average molecular weight is 334 g/mol. The van der Waals surface area contributed by atoms with Crippen LogP contribution in [0.2, 0.25) is 0 Å². The normalized spacial score (nSPS) is 11.5. The highest BCUT2D eigenvalue weighted by atomic mass is 19.5. The average Bonchev–Trinajstić information content (AvgIpc) is 2.06. The second kappa shape index (κ2) is 9.85. The molecule has 0 aromatic rings. The Labute approximate surface area is 119 Å². The number of nitrogens with zero attached hydrogens (tertiary/aromatic N) is 2. The van der Waals surface area contributed by atoms with Crippen molar-refractivity contribution in [3.63, 3.8) is 0 Å². The van der Waals surface area contributed by atoms with Crippen LogP contribution in [-0.4, -0.2) is 78.4 Å². The molecule has 0 aliphatic carbocycles. The lowest BCUT2D eigenvalue weighted by molar-refractivity contribution is -0.863. The van der Waals surface area contributed by atoms with Crippen LogP contribution in [0.4, 0.5) is 34.5 Å². The lowest BCUT2D eigenvalue weighted by Gasteiger charge is -2.21. The fourth-order valence-corrected chi connectivity index (χ4v) is 0.794. The van der Waals surface area contributed by atoms with Crippen molar-refractivity contribution in [3.8, 4) is 0 Å². The molecule has 0 saturated carbocycles. The smallest absolute Gasteiger partial charge is 0.447 e. The first-order valence-corrected chi connectivity index (χ1v) is 5.49. The number of hydrogen-bond acceptors (Lipinski definition) is 1. The molecule has 0 atom stereocenters. The summed E-state index contributed by atoms with van der Waals surface area (Å²) in [5, 5.41) is 0. The summed E-state index contributed by atoms with van der Waals surface area (Å²) >= 11 is 0. The van der Waals surface area contributed by atoms with Crippen LogP contribution in [0.1, 0.15) is 0 Å². The van der Waals surface area contributed by atoms with Gasteiger partial charge in [-0.05, 0) is 0 Å². The zero-order valence-electron chi connectivity index (χ0n) is 12.7. The molecule has 0 heterocycles. The van der Waals surface area contributed by atoms with Gasteiger partial charge in [-0.15, -0.1) is 0 Å². The summed E-state index contributed by atoms with van der Waals surface area (Å²) in [6, 6.07) is 0. The van der Waals surface area contributed by atoms with Gasteiger partial charge in [0.2, 0.25) is 6.54 Å². The minimum Gasteiger partial charge on any atom is -0.447 e. The first-order chi connectivity index (χ1) is 8.87. The van der Waals surface area contributed by atoms with Crippen LogP contribution in [0.25, 0.3) is 0 Å². The molecule has 13 heteroatoms. The van der Waals surface area contributed by atoms with E-state index in [0.717, 1.165) is 16.9 Å². The Hall–Kier alpha value is -1.00. The Kier molecular flexibility index (Phi) is 11.7. The highest BCUT2D eigenvalue weighted by Crippen LogP contribution is 2.07. The lowest BCUT2D eigenvalue weighted by atomic mass is 10.3. The van der Waals surface area contributed by atoms with E-state index in [1.807, 2.05) is 18.7 Å². The molecule has 0 fully saturated rings. The molecule has 0 aliphatic rings. The largest absolute Gasteiger partial charge is 0.673 e. The molecule has 0 N–H and O–H groups in total. The highest BCUT2D eigenvalue weighted by molar-refractivity contribution is 6.50. The van der Waals surface area contributed by atoms with Crippen molar-refractivity contribution in [2.24, 2.45) is 0 Å². The Morgan fingerprint density at radius 2 is 1.10 bits per heavy atom. The van der Waals surface area contributed by atoms with Gasteiger partial charge in [-0.2, -0.15) is 0 Å². The molecule has 0 amide bonds. The molecule has 130 valence electrons. The van der Waals surface area contributed by atoms with Gasteiger partial charge in [-0.1, -0.05) is 0 Å². The standard InChI is InChI=1S/C8H20N2O.2BF4/c1-9(2)8(11-6)7-10(3,4)5;2*2-1(3,4)5/h7H2,1-6H3;;/q+2;2*-1. The van der Waals surface area contributed by atoms with Crippen LogP contribution in [0.5, 0.6) is 0 Å². The molecule has 0 aromatic heterocycles. The van der Waals surface area contributed by atoms with E-state index in [1.165, 1.54) is 0 Å². The third-order valence-corrected chi connectivity index (χ3v) is 1.34. The number of halogens is 8. The van der Waals surface area contributed by atoms with Gasteiger partial charge in [-0.3, -0.25) is 0 Å². The third-order valence-electron chi connectivity index (χ3n) is 1.34. The monoisotopic (exact) mass is 334 g/mol. The Morgan fingerprint density at radius 3 is 1.14 bits per heavy atom. The van der Waals surface area contributed by atoms with Gasteiger partial charge in [0, 0.05) is 0 Å². The second-order valence-electron chi connectivity index (χ2n) is 4.93. The van der Waals surface area contributed by atoms with E-state index < -0.39 is 14.5 Å². The summed E-state index contributed by atoms with van der Waals surface area (Å²) in [7, 11) is 0.127. The van der Waals surface area contributed by atoms with Gasteiger partial charge >= 0.3 is 20.4 Å². The van der Waals surface area contributed by atoms with Crippen molar-refractivity contribution in [3.05, 3.63) is 0 Å². The van der Waals surface area contributed by atoms with Crippen LogP contribution in [0, 0.1) is 0 Å². The Bertz CT molecular complexity index is 283. The highest BCUT2D eigenvalue weighted by Gasteiger charge is 2.21. The molecule has 21 heavy (non-hydrogen) atoms. The predicted molar refractivity (Wildman–Crippen MR) is 67.4 cm³/mol. The molecule has 0 unspecified atom stereocenters. The molecule has 0 radical (unpaired) electrons. The number of methoxy groups -OCH3 is 1. The lowest BCUT2D eigenvalue weighted by Crippen LogP contribution is -2.42. The first kappa shape index (κ1) is 25.0. The van der Waals surface area contributed by atoms with Crippen molar-refractivity contribution in [2.75, 3.05) is 48.9 Å². The first-order valence-electron chi connectivity index (χ1n) is 5.49. The van der Waals surface area contributed by atoms with Crippen molar-refractivity contribution in [1.29, 1.82) is 0 Å². The second-order valence-corrected chi connectivity index (χ2v) is 4.93. The van der Waals surface area contributed by atoms with Gasteiger partial charge < -0.3 is 43.7 Å². The Balaban J connectivity index is -0.000000270. The van der Waals surface area contributed by atoms with Gasteiger partial charge in [0.05, 0.1) is 28.3 Å². The fourth-order valence-electron chi connectivity index (χ4n) is 0.794. The maximum Gasteiger partial charge on any atom is 0.673 e. The van der Waals surface area contributed by atoms with Crippen LogP contribution in [-0.2, 0) is 4.74 Å². The molecule has 0 aromatic carbocycles. The molecule has 0 aliphatic heterocycles. The number of quaternary nitrogens is 1. The third kappa shape index (κ3) is 54.9. The van der Waals surface area contributed by atoms with E-state index in [9.17, 15) is 34.5 Å². The number of rotatable bonds is 2. The summed E-state index contributed by atoms with van der Waals surface area (Å²) in [4.78, 5) is 0. The van der Waals surface area contributed by atoms with Gasteiger partial charge in [-0.25, -0.2) is 4.58 Å². The van der Waals surface area contributed by atoms with Crippen LogP contribution < -0.4 is 0 Å². The number of hydrogen-bond donors (Lipinski definition) is 0. The van der Waals surface area contributed by atoms with Crippen molar-refractivity contribution in [2.45, 2.75) is 0 Å². The van der Waals surface area contributed by atoms with Crippen molar-refractivity contribution < 1.29 is 48.3 Å². The topological polar surface area (TPSA) is 12.2 Å². The van der Waals surface area contributed by atoms with E-state index in [1.54, 1.807) is 7.11 Å². The van der Waals surface area contributed by atoms with E-state index >= 15 is 0 Å². The summed E-state index contributed by atoms with van der Waals surface area (Å²) < 4.78 is 86.1. The zero-order chi connectivity index (χ0) is 18.1. The van der Waals surface area contributed by atoms with E-state index in [-0.39, 0.29) is 0 Å². The fraction of sp³-hybridized carbons (Fsp3) is 0.875. The van der Waals surface area contributed by atoms with E-state index in [4.69, 9.17) is 4.74 Å². The van der Waals surface area contributed by atoms with Crippen LogP contribution >= 0.6 is 0 Å². The molecule has 0 rings (SSSR count). The quantitative estimate of drug-likeness (QED) is 0.189. The molecule has 0 spiro atoms. The maximum absolute atomic E-state index is 9.75. The van der Waals surface area contributed by atoms with Gasteiger partial charge in [0.1, 0.15) is 14.1 Å². The molecular weight excluding hydrogens is 314 g/mol. The van der Waals surface area contributed by atoms with Gasteiger partial charge in [0.25, 0.3) is 0 Å². The van der Waals surface area contributed by atoms with Gasteiger partial charge in [0.15, 0.2) is 0 Å². The summed E-state index contributed by atoms with van der Waals surface area (Å²) in [6.07, 6.45) is 0. The molecule has 3 nitrogen and oxygen atoms in total. The Morgan fingerprint density at radius 1 is 0.857 bits per heavy atom.